The van der Waals surface area contributed by atoms with Gasteiger partial charge in [0.25, 0.3) is 0 Å². The highest BCUT2D eigenvalue weighted by molar-refractivity contribution is 6.42. The van der Waals surface area contributed by atoms with Crippen LogP contribution in [0.3, 0.4) is 0 Å². The molecule has 1 aliphatic carbocycles. The van der Waals surface area contributed by atoms with Crippen molar-refractivity contribution in [1.82, 2.24) is 0 Å². The van der Waals surface area contributed by atoms with Gasteiger partial charge < -0.3 is 9.73 Å². The third-order valence-corrected chi connectivity index (χ3v) is 7.59. The molecule has 3 aromatic carbocycles. The summed E-state index contributed by atoms with van der Waals surface area (Å²) in [6.45, 7) is 4.32. The molecule has 1 aromatic heterocycles. The number of ketones is 1. The Hall–Kier alpha value is -3.01. The average Bonchev–Trinajstić information content (AvgIpc) is 3.29. The van der Waals surface area contributed by atoms with Crippen molar-refractivity contribution in [2.75, 3.05) is 5.32 Å². The van der Waals surface area contributed by atoms with Gasteiger partial charge in [0.2, 0.25) is 0 Å². The number of hydrogen-bond donors (Lipinski definition) is 1. The molecular formula is C29H23Cl2NO2. The van der Waals surface area contributed by atoms with Crippen LogP contribution >= 0.6 is 23.2 Å². The van der Waals surface area contributed by atoms with Crippen molar-refractivity contribution in [3.8, 4) is 11.3 Å². The van der Waals surface area contributed by atoms with Gasteiger partial charge in [0.1, 0.15) is 17.6 Å². The minimum absolute atomic E-state index is 0.114. The lowest BCUT2D eigenvalue weighted by Gasteiger charge is -2.39. The topological polar surface area (TPSA) is 42.2 Å². The fourth-order valence-electron chi connectivity index (χ4n) is 5.37. The lowest BCUT2D eigenvalue weighted by molar-refractivity contribution is -0.116. The Morgan fingerprint density at radius 2 is 1.76 bits per heavy atom. The fraction of sp³-hybridized carbons (Fsp3) is 0.207. The van der Waals surface area contributed by atoms with Crippen molar-refractivity contribution in [3.63, 3.8) is 0 Å². The Morgan fingerprint density at radius 3 is 2.59 bits per heavy atom. The van der Waals surface area contributed by atoms with E-state index in [1.807, 2.05) is 30.3 Å². The van der Waals surface area contributed by atoms with Gasteiger partial charge in [0.05, 0.1) is 10.0 Å². The minimum Gasteiger partial charge on any atom is -0.459 e. The molecule has 3 nitrogen and oxygen atoms in total. The zero-order valence-electron chi connectivity index (χ0n) is 18.9. The molecule has 0 amide bonds. The zero-order chi connectivity index (χ0) is 23.6. The van der Waals surface area contributed by atoms with E-state index in [0.717, 1.165) is 50.9 Å². The van der Waals surface area contributed by atoms with E-state index in [-0.39, 0.29) is 17.2 Å². The summed E-state index contributed by atoms with van der Waals surface area (Å²) in [7, 11) is 0. The zero-order valence-corrected chi connectivity index (χ0v) is 20.4. The van der Waals surface area contributed by atoms with Crippen molar-refractivity contribution < 1.29 is 9.21 Å². The van der Waals surface area contributed by atoms with Gasteiger partial charge in [-0.2, -0.15) is 0 Å². The number of anilines is 1. The molecule has 0 bridgehead atoms. The minimum atomic E-state index is -0.219. The van der Waals surface area contributed by atoms with E-state index in [2.05, 4.69) is 43.4 Å². The van der Waals surface area contributed by atoms with E-state index < -0.39 is 0 Å². The van der Waals surface area contributed by atoms with Gasteiger partial charge in [-0.15, -0.1) is 0 Å². The van der Waals surface area contributed by atoms with Crippen LogP contribution in [0, 0.1) is 5.41 Å². The third kappa shape index (κ3) is 3.46. The standard InChI is InChI=1S/C29H23Cl2NO2/c1-29(2)14-19-27(23(33)15-29)26-18-6-4-3-5-16(18)8-10-22(26)32-28(19)25-12-11-24(34-25)17-7-9-20(30)21(31)13-17/h3-13,28,32H,14-15H2,1-2H3. The molecule has 0 saturated heterocycles. The molecule has 2 heterocycles. The van der Waals surface area contributed by atoms with Crippen molar-refractivity contribution >= 4 is 51.0 Å². The maximum Gasteiger partial charge on any atom is 0.164 e. The number of fused-ring (bicyclic) bond motifs is 4. The SMILES string of the molecule is CC1(C)CC(=O)C2=C(C1)C(c1ccc(-c3ccc(Cl)c(Cl)c3)o1)Nc1ccc3ccccc3c12. The lowest BCUT2D eigenvalue weighted by Crippen LogP contribution is -2.32. The quantitative estimate of drug-likeness (QED) is 0.307. The number of allylic oxidation sites excluding steroid dienone is 1. The second kappa shape index (κ2) is 7.76. The molecule has 1 unspecified atom stereocenters. The summed E-state index contributed by atoms with van der Waals surface area (Å²) < 4.78 is 6.35. The molecule has 6 rings (SSSR count). The van der Waals surface area contributed by atoms with Gasteiger partial charge in [0.15, 0.2) is 5.78 Å². The maximum absolute atomic E-state index is 13.6. The van der Waals surface area contributed by atoms with Crippen LogP contribution in [0.25, 0.3) is 27.7 Å². The van der Waals surface area contributed by atoms with Crippen LogP contribution in [0.2, 0.25) is 10.0 Å². The fourth-order valence-corrected chi connectivity index (χ4v) is 5.67. The molecule has 0 fully saturated rings. The number of nitrogens with one attached hydrogen (secondary N) is 1. The van der Waals surface area contributed by atoms with Crippen LogP contribution in [-0.2, 0) is 4.79 Å². The first kappa shape index (κ1) is 21.5. The highest BCUT2D eigenvalue weighted by Gasteiger charge is 2.41. The summed E-state index contributed by atoms with van der Waals surface area (Å²) in [4.78, 5) is 13.6. The van der Waals surface area contributed by atoms with Crippen molar-refractivity contribution in [3.05, 3.63) is 93.7 Å². The van der Waals surface area contributed by atoms with Gasteiger partial charge in [-0.1, -0.05) is 67.4 Å². The third-order valence-electron chi connectivity index (χ3n) is 6.85. The normalized spacial score (nSPS) is 19.1. The molecular weight excluding hydrogens is 465 g/mol. The Labute approximate surface area is 208 Å². The van der Waals surface area contributed by atoms with E-state index in [1.165, 1.54) is 0 Å². The molecule has 170 valence electrons. The maximum atomic E-state index is 13.6. The van der Waals surface area contributed by atoms with Gasteiger partial charge in [-0.25, -0.2) is 0 Å². The molecule has 0 spiro atoms. The van der Waals surface area contributed by atoms with Gasteiger partial charge in [0, 0.05) is 28.8 Å². The highest BCUT2D eigenvalue weighted by atomic mass is 35.5. The molecule has 2 aliphatic rings. The lowest BCUT2D eigenvalue weighted by atomic mass is 9.68. The average molecular weight is 488 g/mol. The Balaban J connectivity index is 1.52. The van der Waals surface area contributed by atoms with Gasteiger partial charge in [-0.3, -0.25) is 4.79 Å². The second-order valence-electron chi connectivity index (χ2n) is 9.96. The van der Waals surface area contributed by atoms with E-state index in [4.69, 9.17) is 27.6 Å². The molecule has 0 radical (unpaired) electrons. The number of benzene rings is 3. The largest absolute Gasteiger partial charge is 0.459 e. The van der Waals surface area contributed by atoms with E-state index >= 15 is 0 Å². The first-order chi connectivity index (χ1) is 16.3. The predicted octanol–water partition coefficient (Wildman–Crippen LogP) is 8.72. The van der Waals surface area contributed by atoms with Crippen LogP contribution in [0.15, 0.2) is 76.7 Å². The molecule has 0 saturated carbocycles. The molecule has 1 N–H and O–H groups in total. The summed E-state index contributed by atoms with van der Waals surface area (Å²) in [6, 6.07) is 21.6. The Morgan fingerprint density at radius 1 is 0.941 bits per heavy atom. The predicted molar refractivity (Wildman–Crippen MR) is 139 cm³/mol. The summed E-state index contributed by atoms with van der Waals surface area (Å²) in [5.74, 6) is 1.69. The number of carbonyl (C=O) groups is 1. The number of rotatable bonds is 2. The van der Waals surface area contributed by atoms with E-state index in [0.29, 0.717) is 22.2 Å². The first-order valence-corrected chi connectivity index (χ1v) is 12.2. The van der Waals surface area contributed by atoms with Crippen LogP contribution in [0.4, 0.5) is 5.69 Å². The first-order valence-electron chi connectivity index (χ1n) is 11.4. The summed E-state index contributed by atoms with van der Waals surface area (Å²) in [5.41, 5.74) is 4.67. The number of hydrogen-bond acceptors (Lipinski definition) is 3. The molecule has 1 aliphatic heterocycles. The van der Waals surface area contributed by atoms with Crippen molar-refractivity contribution in [2.45, 2.75) is 32.7 Å². The van der Waals surface area contributed by atoms with Gasteiger partial charge in [-0.05, 0) is 64.6 Å². The smallest absolute Gasteiger partial charge is 0.164 e. The summed E-state index contributed by atoms with van der Waals surface area (Å²) >= 11 is 12.3. The summed E-state index contributed by atoms with van der Waals surface area (Å²) in [6.07, 6.45) is 1.35. The molecule has 4 aromatic rings. The van der Waals surface area contributed by atoms with E-state index in [9.17, 15) is 4.79 Å². The van der Waals surface area contributed by atoms with Gasteiger partial charge >= 0.3 is 0 Å². The van der Waals surface area contributed by atoms with Crippen LogP contribution in [-0.4, -0.2) is 5.78 Å². The van der Waals surface area contributed by atoms with Crippen LogP contribution < -0.4 is 5.32 Å². The number of furan rings is 1. The Kier molecular flexibility index (Phi) is 4.91. The number of halogens is 2. The number of Topliss-reactive ketones (excluding diaryl/α,β-unsaturated/α-hetero) is 1. The molecule has 1 atom stereocenters. The highest BCUT2D eigenvalue weighted by Crippen LogP contribution is 2.52. The monoisotopic (exact) mass is 487 g/mol. The van der Waals surface area contributed by atoms with Crippen LogP contribution in [0.5, 0.6) is 0 Å². The molecule has 34 heavy (non-hydrogen) atoms. The second-order valence-corrected chi connectivity index (χ2v) is 10.8. The number of carbonyl (C=O) groups excluding carboxylic acids is 1. The molecule has 5 heteroatoms. The van der Waals surface area contributed by atoms with E-state index in [1.54, 1.807) is 12.1 Å². The van der Waals surface area contributed by atoms with Crippen molar-refractivity contribution in [2.24, 2.45) is 5.41 Å². The van der Waals surface area contributed by atoms with Crippen molar-refractivity contribution in [1.29, 1.82) is 0 Å². The summed E-state index contributed by atoms with van der Waals surface area (Å²) in [5, 5.41) is 6.92. The van der Waals surface area contributed by atoms with Crippen LogP contribution in [0.1, 0.15) is 44.1 Å². The Bertz CT molecular complexity index is 1510.